The number of nitrogens with one attached hydrogen (secondary N) is 2. The molecule has 0 fully saturated rings. The van der Waals surface area contributed by atoms with Crippen LogP contribution in [0.3, 0.4) is 0 Å². The summed E-state index contributed by atoms with van der Waals surface area (Å²) in [7, 11) is 3.48. The van der Waals surface area contributed by atoms with E-state index in [4.69, 9.17) is 4.74 Å². The van der Waals surface area contributed by atoms with Crippen LogP contribution in [0.2, 0.25) is 0 Å². The Balaban J connectivity index is 0.00000400. The lowest BCUT2D eigenvalue weighted by Gasteiger charge is -2.14. The van der Waals surface area contributed by atoms with Gasteiger partial charge in [-0.3, -0.25) is 4.99 Å². The molecule has 120 valence electrons. The number of ether oxygens (including phenoxy) is 1. The maximum atomic E-state index is 5.15. The average molecular weight is 423 g/mol. The predicted molar refractivity (Wildman–Crippen MR) is 104 cm³/mol. The van der Waals surface area contributed by atoms with Crippen molar-refractivity contribution in [2.45, 2.75) is 18.6 Å². The molecule has 0 radical (unpaired) electrons. The summed E-state index contributed by atoms with van der Waals surface area (Å²) in [6.07, 6.45) is 3.08. The summed E-state index contributed by atoms with van der Waals surface area (Å²) in [5, 5.41) is 7.23. The number of rotatable bonds is 7. The largest absolute Gasteiger partial charge is 0.497 e. The van der Waals surface area contributed by atoms with Crippen LogP contribution in [-0.4, -0.2) is 44.7 Å². The van der Waals surface area contributed by atoms with Crippen molar-refractivity contribution in [3.05, 3.63) is 29.8 Å². The maximum absolute atomic E-state index is 5.15. The van der Waals surface area contributed by atoms with Crippen LogP contribution in [-0.2, 0) is 6.42 Å². The summed E-state index contributed by atoms with van der Waals surface area (Å²) in [5.41, 5.74) is 1.28. The molecule has 0 heterocycles. The Morgan fingerprint density at radius 1 is 1.29 bits per heavy atom. The van der Waals surface area contributed by atoms with Gasteiger partial charge in [0.25, 0.3) is 0 Å². The number of halogens is 1. The molecule has 1 atom stereocenters. The molecule has 0 amide bonds. The highest BCUT2D eigenvalue weighted by Gasteiger charge is 2.02. The minimum absolute atomic E-state index is 0. The summed E-state index contributed by atoms with van der Waals surface area (Å²) in [6.45, 7) is 3.98. The van der Waals surface area contributed by atoms with Crippen LogP contribution in [0.5, 0.6) is 5.75 Å². The number of aliphatic imine (C=N–C) groups is 1. The summed E-state index contributed by atoms with van der Waals surface area (Å²) in [4.78, 5) is 4.22. The standard InChI is InChI=1S/C15H25N3OS.HI/c1-12(20-4)11-18-15(16-2)17-10-9-13-5-7-14(19-3)8-6-13;/h5-8,12H,9-11H2,1-4H3,(H2,16,17,18);1H. The van der Waals surface area contributed by atoms with Gasteiger partial charge < -0.3 is 15.4 Å². The Labute approximate surface area is 149 Å². The molecule has 0 aliphatic heterocycles. The van der Waals surface area contributed by atoms with Crippen LogP contribution in [0, 0.1) is 0 Å². The first-order valence-electron chi connectivity index (χ1n) is 6.79. The summed E-state index contributed by atoms with van der Waals surface area (Å²) < 4.78 is 5.15. The first-order chi connectivity index (χ1) is 9.69. The molecule has 1 aromatic rings. The number of guanidine groups is 1. The molecule has 4 nitrogen and oxygen atoms in total. The van der Waals surface area contributed by atoms with Crippen molar-refractivity contribution in [3.8, 4) is 5.75 Å². The quantitative estimate of drug-likeness (QED) is 0.402. The van der Waals surface area contributed by atoms with Gasteiger partial charge in [-0.25, -0.2) is 0 Å². The molecule has 2 N–H and O–H groups in total. The van der Waals surface area contributed by atoms with Crippen LogP contribution in [0.25, 0.3) is 0 Å². The van der Waals surface area contributed by atoms with E-state index in [2.05, 4.69) is 40.9 Å². The van der Waals surface area contributed by atoms with Crippen molar-refractivity contribution in [3.63, 3.8) is 0 Å². The van der Waals surface area contributed by atoms with Crippen LogP contribution < -0.4 is 15.4 Å². The Bertz CT molecular complexity index is 412. The second-order valence-corrected chi connectivity index (χ2v) is 5.80. The molecule has 0 aromatic heterocycles. The third-order valence-electron chi connectivity index (χ3n) is 3.05. The zero-order valence-electron chi connectivity index (χ0n) is 13.2. The number of nitrogens with zero attached hydrogens (tertiary/aromatic N) is 1. The Morgan fingerprint density at radius 3 is 2.48 bits per heavy atom. The smallest absolute Gasteiger partial charge is 0.191 e. The SMILES string of the molecule is CN=C(NCCc1ccc(OC)cc1)NCC(C)SC.I. The number of benzene rings is 1. The molecule has 1 rings (SSSR count). The van der Waals surface area contributed by atoms with E-state index in [0.717, 1.165) is 31.2 Å². The highest BCUT2D eigenvalue weighted by Crippen LogP contribution is 2.11. The van der Waals surface area contributed by atoms with E-state index in [-0.39, 0.29) is 24.0 Å². The second-order valence-electron chi connectivity index (χ2n) is 4.52. The lowest BCUT2D eigenvalue weighted by atomic mass is 10.1. The molecular weight excluding hydrogens is 397 g/mol. The summed E-state index contributed by atoms with van der Waals surface area (Å²) in [6, 6.07) is 8.16. The van der Waals surface area contributed by atoms with E-state index in [1.807, 2.05) is 23.9 Å². The third kappa shape index (κ3) is 8.40. The van der Waals surface area contributed by atoms with Crippen molar-refractivity contribution >= 4 is 41.7 Å². The Hall–Kier alpha value is -0.630. The molecule has 0 saturated heterocycles. The van der Waals surface area contributed by atoms with E-state index < -0.39 is 0 Å². The number of hydrogen-bond acceptors (Lipinski definition) is 3. The molecule has 1 unspecified atom stereocenters. The Kier molecular flexibility index (Phi) is 11.6. The van der Waals surface area contributed by atoms with E-state index in [1.165, 1.54) is 5.56 Å². The zero-order valence-corrected chi connectivity index (χ0v) is 16.3. The molecule has 21 heavy (non-hydrogen) atoms. The second kappa shape index (κ2) is 12.0. The van der Waals surface area contributed by atoms with Crippen LogP contribution in [0.15, 0.2) is 29.3 Å². The van der Waals surface area contributed by atoms with Gasteiger partial charge >= 0.3 is 0 Å². The van der Waals surface area contributed by atoms with Gasteiger partial charge in [-0.15, -0.1) is 24.0 Å². The third-order valence-corrected chi connectivity index (χ3v) is 4.02. The molecule has 6 heteroatoms. The lowest BCUT2D eigenvalue weighted by Crippen LogP contribution is -2.40. The van der Waals surface area contributed by atoms with Gasteiger partial charge in [0.05, 0.1) is 7.11 Å². The number of hydrogen-bond donors (Lipinski definition) is 2. The molecule has 0 bridgehead atoms. The highest BCUT2D eigenvalue weighted by molar-refractivity contribution is 14.0. The van der Waals surface area contributed by atoms with E-state index >= 15 is 0 Å². The monoisotopic (exact) mass is 423 g/mol. The normalized spacial score (nSPS) is 12.3. The number of methoxy groups -OCH3 is 1. The van der Waals surface area contributed by atoms with E-state index in [0.29, 0.717) is 5.25 Å². The van der Waals surface area contributed by atoms with Gasteiger partial charge in [-0.1, -0.05) is 19.1 Å². The Morgan fingerprint density at radius 2 is 1.95 bits per heavy atom. The molecule has 0 spiro atoms. The van der Waals surface area contributed by atoms with E-state index in [1.54, 1.807) is 14.2 Å². The lowest BCUT2D eigenvalue weighted by molar-refractivity contribution is 0.414. The summed E-state index contributed by atoms with van der Waals surface area (Å²) >= 11 is 1.84. The van der Waals surface area contributed by atoms with Crippen molar-refractivity contribution < 1.29 is 4.74 Å². The van der Waals surface area contributed by atoms with Crippen molar-refractivity contribution in [2.75, 3.05) is 33.5 Å². The molecule has 0 saturated carbocycles. The predicted octanol–water partition coefficient (Wildman–Crippen LogP) is 2.77. The van der Waals surface area contributed by atoms with Crippen molar-refractivity contribution in [1.29, 1.82) is 0 Å². The first kappa shape index (κ1) is 20.4. The van der Waals surface area contributed by atoms with Crippen LogP contribution in [0.4, 0.5) is 0 Å². The van der Waals surface area contributed by atoms with Gasteiger partial charge in [0, 0.05) is 25.4 Å². The molecular formula is C15H26IN3OS. The molecule has 0 aliphatic rings. The number of thioether (sulfide) groups is 1. The zero-order chi connectivity index (χ0) is 14.8. The van der Waals surface area contributed by atoms with Crippen LogP contribution in [0.1, 0.15) is 12.5 Å². The maximum Gasteiger partial charge on any atom is 0.191 e. The van der Waals surface area contributed by atoms with Gasteiger partial charge in [0.1, 0.15) is 5.75 Å². The average Bonchev–Trinajstić information content (AvgIpc) is 2.50. The van der Waals surface area contributed by atoms with Crippen LogP contribution >= 0.6 is 35.7 Å². The first-order valence-corrected chi connectivity index (χ1v) is 8.08. The molecule has 0 aliphatic carbocycles. The van der Waals surface area contributed by atoms with Gasteiger partial charge in [0.15, 0.2) is 5.96 Å². The van der Waals surface area contributed by atoms with E-state index in [9.17, 15) is 0 Å². The molecule has 1 aromatic carbocycles. The van der Waals surface area contributed by atoms with Crippen molar-refractivity contribution in [1.82, 2.24) is 10.6 Å². The minimum Gasteiger partial charge on any atom is -0.497 e. The fourth-order valence-corrected chi connectivity index (χ4v) is 1.91. The minimum atomic E-state index is 0. The van der Waals surface area contributed by atoms with Gasteiger partial charge in [-0.2, -0.15) is 11.8 Å². The fourth-order valence-electron chi connectivity index (χ4n) is 1.66. The van der Waals surface area contributed by atoms with Gasteiger partial charge in [0.2, 0.25) is 0 Å². The van der Waals surface area contributed by atoms with Crippen molar-refractivity contribution in [2.24, 2.45) is 4.99 Å². The summed E-state index contributed by atoms with van der Waals surface area (Å²) in [5.74, 6) is 1.75. The highest BCUT2D eigenvalue weighted by atomic mass is 127. The topological polar surface area (TPSA) is 45.7 Å². The van der Waals surface area contributed by atoms with Gasteiger partial charge in [-0.05, 0) is 30.4 Å². The fraction of sp³-hybridized carbons (Fsp3) is 0.533.